The minimum Gasteiger partial charge on any atom is -0.442 e. The molecule has 0 spiro atoms. The van der Waals surface area contributed by atoms with Crippen LogP contribution in [0.5, 0.6) is 0 Å². The van der Waals surface area contributed by atoms with E-state index in [2.05, 4.69) is 35.6 Å². The highest BCUT2D eigenvalue weighted by Gasteiger charge is 2.17. The molecule has 4 aromatic rings. The van der Waals surface area contributed by atoms with Crippen molar-refractivity contribution >= 4 is 34.1 Å². The topological polar surface area (TPSA) is 110 Å². The molecule has 0 radical (unpaired) electrons. The standard InChI is InChI=1S/C14H13ClN8O/c1-7(2)23-11(15)9(6-18-23)20-12-10-8(5-17-22-10)19-13(21-12)14-16-3-4-24-14/h3-7H,1-2H3,(H,17,22)(H,19,20,21). The predicted octanol–water partition coefficient (Wildman–Crippen LogP) is 3.18. The summed E-state index contributed by atoms with van der Waals surface area (Å²) in [6.45, 7) is 4.00. The Balaban J connectivity index is 1.80. The van der Waals surface area contributed by atoms with Crippen LogP contribution in [0.3, 0.4) is 0 Å². The molecule has 0 amide bonds. The largest absolute Gasteiger partial charge is 0.442 e. The molecule has 0 atom stereocenters. The normalized spacial score (nSPS) is 11.5. The second kappa shape index (κ2) is 5.60. The lowest BCUT2D eigenvalue weighted by molar-refractivity contribution is 0.533. The van der Waals surface area contributed by atoms with Crippen LogP contribution in [0, 0.1) is 0 Å². The fourth-order valence-corrected chi connectivity index (χ4v) is 2.61. The first kappa shape index (κ1) is 14.6. The number of anilines is 2. The summed E-state index contributed by atoms with van der Waals surface area (Å²) in [4.78, 5) is 12.9. The van der Waals surface area contributed by atoms with Gasteiger partial charge in [0.25, 0.3) is 5.89 Å². The van der Waals surface area contributed by atoms with Crippen LogP contribution < -0.4 is 5.32 Å². The molecular weight excluding hydrogens is 332 g/mol. The number of halogens is 1. The molecular formula is C14H13ClN8O. The number of H-pyrrole nitrogens is 1. The molecule has 2 N–H and O–H groups in total. The van der Waals surface area contributed by atoms with Crippen molar-refractivity contribution in [3.63, 3.8) is 0 Å². The second-order valence-corrected chi connectivity index (χ2v) is 5.73. The molecule has 0 aliphatic carbocycles. The van der Waals surface area contributed by atoms with Gasteiger partial charge in [0.15, 0.2) is 11.0 Å². The number of nitrogens with one attached hydrogen (secondary N) is 2. The molecule has 0 fully saturated rings. The van der Waals surface area contributed by atoms with E-state index in [0.717, 1.165) is 0 Å². The van der Waals surface area contributed by atoms with Gasteiger partial charge in [-0.1, -0.05) is 11.6 Å². The highest BCUT2D eigenvalue weighted by atomic mass is 35.5. The van der Waals surface area contributed by atoms with Crippen molar-refractivity contribution < 1.29 is 4.42 Å². The average molecular weight is 345 g/mol. The Bertz CT molecular complexity index is 988. The number of rotatable bonds is 4. The molecule has 122 valence electrons. The molecule has 0 aliphatic rings. The van der Waals surface area contributed by atoms with Gasteiger partial charge in [0, 0.05) is 6.04 Å². The molecule has 0 bridgehead atoms. The summed E-state index contributed by atoms with van der Waals surface area (Å²) in [6.07, 6.45) is 6.26. The number of nitrogens with zero attached hydrogens (tertiary/aromatic N) is 6. The van der Waals surface area contributed by atoms with E-state index in [1.807, 2.05) is 13.8 Å². The van der Waals surface area contributed by atoms with E-state index in [1.165, 1.54) is 12.5 Å². The Morgan fingerprint density at radius 2 is 2.17 bits per heavy atom. The average Bonchev–Trinajstić information content (AvgIpc) is 3.28. The zero-order valence-electron chi connectivity index (χ0n) is 12.9. The number of aromatic nitrogens is 7. The molecule has 4 rings (SSSR count). The zero-order chi connectivity index (χ0) is 16.7. The molecule has 0 aliphatic heterocycles. The third kappa shape index (κ3) is 2.38. The van der Waals surface area contributed by atoms with Gasteiger partial charge in [0.1, 0.15) is 17.3 Å². The van der Waals surface area contributed by atoms with Crippen molar-refractivity contribution in [1.82, 2.24) is 34.9 Å². The molecule has 0 saturated heterocycles. The Labute approximate surface area is 141 Å². The number of oxazole rings is 1. The van der Waals surface area contributed by atoms with Crippen LogP contribution in [-0.4, -0.2) is 34.9 Å². The highest BCUT2D eigenvalue weighted by molar-refractivity contribution is 6.32. The number of fused-ring (bicyclic) bond motifs is 1. The van der Waals surface area contributed by atoms with Crippen molar-refractivity contribution in [3.8, 4) is 11.7 Å². The molecule has 0 aromatic carbocycles. The van der Waals surface area contributed by atoms with E-state index in [-0.39, 0.29) is 6.04 Å². The predicted molar refractivity (Wildman–Crippen MR) is 88.1 cm³/mol. The van der Waals surface area contributed by atoms with E-state index in [0.29, 0.717) is 39.4 Å². The van der Waals surface area contributed by atoms with Gasteiger partial charge in [0.2, 0.25) is 5.82 Å². The van der Waals surface area contributed by atoms with Crippen LogP contribution in [-0.2, 0) is 0 Å². The van der Waals surface area contributed by atoms with E-state index in [9.17, 15) is 0 Å². The maximum Gasteiger partial charge on any atom is 0.264 e. The van der Waals surface area contributed by atoms with E-state index in [1.54, 1.807) is 17.1 Å². The third-order valence-corrected chi connectivity index (χ3v) is 3.78. The van der Waals surface area contributed by atoms with E-state index >= 15 is 0 Å². The fourth-order valence-electron chi connectivity index (χ4n) is 2.28. The van der Waals surface area contributed by atoms with Crippen molar-refractivity contribution in [3.05, 3.63) is 30.0 Å². The molecule has 0 unspecified atom stereocenters. The van der Waals surface area contributed by atoms with Gasteiger partial charge in [0.05, 0.1) is 24.3 Å². The Morgan fingerprint density at radius 1 is 1.29 bits per heavy atom. The van der Waals surface area contributed by atoms with Gasteiger partial charge in [-0.15, -0.1) is 0 Å². The van der Waals surface area contributed by atoms with Gasteiger partial charge in [-0.05, 0) is 13.8 Å². The van der Waals surface area contributed by atoms with Gasteiger partial charge in [-0.3, -0.25) is 5.10 Å². The maximum absolute atomic E-state index is 6.37. The summed E-state index contributed by atoms with van der Waals surface area (Å²) in [5, 5.41) is 14.8. The Hall–Kier alpha value is -2.94. The summed E-state index contributed by atoms with van der Waals surface area (Å²) in [6, 6.07) is 0.147. The van der Waals surface area contributed by atoms with Crippen LogP contribution in [0.1, 0.15) is 19.9 Å². The van der Waals surface area contributed by atoms with Crippen molar-refractivity contribution in [2.75, 3.05) is 5.32 Å². The Kier molecular flexibility index (Phi) is 3.42. The molecule has 24 heavy (non-hydrogen) atoms. The lowest BCUT2D eigenvalue weighted by Gasteiger charge is -2.08. The summed E-state index contributed by atoms with van der Waals surface area (Å²) in [5.74, 6) is 1.19. The van der Waals surface area contributed by atoms with Crippen LogP contribution in [0.2, 0.25) is 5.15 Å². The van der Waals surface area contributed by atoms with Gasteiger partial charge in [-0.2, -0.15) is 10.2 Å². The Morgan fingerprint density at radius 3 is 2.88 bits per heavy atom. The quantitative estimate of drug-likeness (QED) is 0.584. The van der Waals surface area contributed by atoms with Crippen molar-refractivity contribution in [2.45, 2.75) is 19.9 Å². The number of aromatic amines is 1. The van der Waals surface area contributed by atoms with E-state index in [4.69, 9.17) is 16.0 Å². The molecule has 4 aromatic heterocycles. The fraction of sp³-hybridized carbons (Fsp3) is 0.214. The monoisotopic (exact) mass is 344 g/mol. The first-order valence-electron chi connectivity index (χ1n) is 7.24. The highest BCUT2D eigenvalue weighted by Crippen LogP contribution is 2.30. The SMILES string of the molecule is CC(C)n1ncc(Nc2nc(-c3ncco3)nc3cn[nH]c23)c1Cl. The first-order chi connectivity index (χ1) is 11.6. The van der Waals surface area contributed by atoms with Crippen LogP contribution >= 0.6 is 11.6 Å². The van der Waals surface area contributed by atoms with Gasteiger partial charge < -0.3 is 9.73 Å². The minimum absolute atomic E-state index is 0.147. The molecule has 9 nitrogen and oxygen atoms in total. The van der Waals surface area contributed by atoms with Crippen molar-refractivity contribution in [1.29, 1.82) is 0 Å². The zero-order valence-corrected chi connectivity index (χ0v) is 13.6. The molecule has 0 saturated carbocycles. The minimum atomic E-state index is 0.147. The summed E-state index contributed by atoms with van der Waals surface area (Å²) >= 11 is 6.37. The summed E-state index contributed by atoms with van der Waals surface area (Å²) in [7, 11) is 0. The van der Waals surface area contributed by atoms with Crippen LogP contribution in [0.25, 0.3) is 22.7 Å². The summed E-state index contributed by atoms with van der Waals surface area (Å²) < 4.78 is 6.99. The van der Waals surface area contributed by atoms with Crippen LogP contribution in [0.4, 0.5) is 11.5 Å². The molecule has 10 heteroatoms. The molecule has 4 heterocycles. The lowest BCUT2D eigenvalue weighted by Crippen LogP contribution is -2.03. The smallest absolute Gasteiger partial charge is 0.264 e. The lowest BCUT2D eigenvalue weighted by atomic mass is 10.4. The summed E-state index contributed by atoms with van der Waals surface area (Å²) in [5.41, 5.74) is 1.92. The van der Waals surface area contributed by atoms with Crippen LogP contribution in [0.15, 0.2) is 29.3 Å². The number of hydrogen-bond acceptors (Lipinski definition) is 7. The van der Waals surface area contributed by atoms with Gasteiger partial charge in [-0.25, -0.2) is 19.6 Å². The van der Waals surface area contributed by atoms with E-state index < -0.39 is 0 Å². The third-order valence-electron chi connectivity index (χ3n) is 3.40. The second-order valence-electron chi connectivity index (χ2n) is 5.38. The number of hydrogen-bond donors (Lipinski definition) is 2. The maximum atomic E-state index is 6.37. The van der Waals surface area contributed by atoms with Gasteiger partial charge >= 0.3 is 0 Å². The van der Waals surface area contributed by atoms with Crippen molar-refractivity contribution in [2.24, 2.45) is 0 Å². The first-order valence-corrected chi connectivity index (χ1v) is 7.62.